The van der Waals surface area contributed by atoms with E-state index in [4.69, 9.17) is 27.9 Å². The van der Waals surface area contributed by atoms with Crippen LogP contribution in [0.1, 0.15) is 12.5 Å². The molecule has 0 spiro atoms. The summed E-state index contributed by atoms with van der Waals surface area (Å²) in [5.41, 5.74) is 1.18. The van der Waals surface area contributed by atoms with Crippen molar-refractivity contribution in [3.8, 4) is 0 Å². The predicted molar refractivity (Wildman–Crippen MR) is 112 cm³/mol. The summed E-state index contributed by atoms with van der Waals surface area (Å²) in [7, 11) is -3.77. The van der Waals surface area contributed by atoms with Crippen LogP contribution in [0.3, 0.4) is 0 Å². The highest BCUT2D eigenvalue weighted by Gasteiger charge is 2.30. The third-order valence-corrected chi connectivity index (χ3v) is 5.67. The Morgan fingerprint density at radius 1 is 1.18 bits per heavy atom. The molecule has 28 heavy (non-hydrogen) atoms. The number of carbonyl (C=O) groups excluding carboxylic acids is 1. The van der Waals surface area contributed by atoms with Crippen LogP contribution < -0.4 is 9.62 Å². The molecule has 1 unspecified atom stereocenters. The smallest absolute Gasteiger partial charge is 0.243 e. The Hall–Kier alpha value is -1.80. The quantitative estimate of drug-likeness (QED) is 0.600. The Balaban J connectivity index is 1.97. The monoisotopic (exact) mass is 444 g/mol. The average molecular weight is 445 g/mol. The number of hydrogen-bond donors (Lipinski definition) is 1. The van der Waals surface area contributed by atoms with Crippen LogP contribution in [-0.2, 0) is 26.2 Å². The maximum absolute atomic E-state index is 12.5. The van der Waals surface area contributed by atoms with E-state index in [1.807, 2.05) is 30.3 Å². The molecule has 2 aromatic carbocycles. The molecule has 0 aromatic heterocycles. The van der Waals surface area contributed by atoms with Crippen molar-refractivity contribution < 1.29 is 17.9 Å². The normalized spacial score (nSPS) is 12.4. The van der Waals surface area contributed by atoms with Crippen LogP contribution in [0, 0.1) is 0 Å². The zero-order valence-electron chi connectivity index (χ0n) is 15.6. The largest absolute Gasteiger partial charge is 0.375 e. The van der Waals surface area contributed by atoms with Crippen molar-refractivity contribution in [2.45, 2.75) is 19.6 Å². The van der Waals surface area contributed by atoms with Crippen LogP contribution in [0.15, 0.2) is 48.5 Å². The Labute approximate surface area is 175 Å². The van der Waals surface area contributed by atoms with Crippen LogP contribution in [0.25, 0.3) is 0 Å². The molecule has 0 bridgehead atoms. The first-order valence-corrected chi connectivity index (χ1v) is 11.1. The number of benzene rings is 2. The van der Waals surface area contributed by atoms with Crippen LogP contribution in [0.4, 0.5) is 5.69 Å². The van der Waals surface area contributed by atoms with E-state index in [2.05, 4.69) is 5.32 Å². The molecule has 0 saturated carbocycles. The second-order valence-corrected chi connectivity index (χ2v) is 8.86. The summed E-state index contributed by atoms with van der Waals surface area (Å²) in [5.74, 6) is -0.468. The average Bonchev–Trinajstić information content (AvgIpc) is 2.64. The maximum atomic E-state index is 12.5. The van der Waals surface area contributed by atoms with Gasteiger partial charge in [-0.15, -0.1) is 0 Å². The Kier molecular flexibility index (Phi) is 8.12. The topological polar surface area (TPSA) is 75.7 Å². The van der Waals surface area contributed by atoms with E-state index in [0.717, 1.165) is 16.1 Å². The summed E-state index contributed by atoms with van der Waals surface area (Å²) in [5, 5.41) is 3.17. The van der Waals surface area contributed by atoms with Gasteiger partial charge in [-0.3, -0.25) is 9.10 Å². The Morgan fingerprint density at radius 3 is 2.50 bits per heavy atom. The standard InChI is InChI=1S/C19H22Cl2N2O4S/c1-14(19(24)22-10-11-27-13-15-6-4-3-5-7-15)23(28(2,25)26)18-12-16(20)8-9-17(18)21/h3-9,12,14H,10-11,13H2,1-2H3,(H,22,24). The minimum absolute atomic E-state index is 0.152. The minimum atomic E-state index is -3.77. The number of nitrogens with one attached hydrogen (secondary N) is 1. The molecule has 2 rings (SSSR count). The zero-order chi connectivity index (χ0) is 20.7. The van der Waals surface area contributed by atoms with Crippen LogP contribution in [0.2, 0.25) is 10.0 Å². The summed E-state index contributed by atoms with van der Waals surface area (Å²) in [6.07, 6.45) is 1.01. The van der Waals surface area contributed by atoms with Gasteiger partial charge in [0.2, 0.25) is 15.9 Å². The second-order valence-electron chi connectivity index (χ2n) is 6.16. The molecular weight excluding hydrogens is 423 g/mol. The lowest BCUT2D eigenvalue weighted by Gasteiger charge is -2.29. The number of ether oxygens (including phenoxy) is 1. The molecule has 0 radical (unpaired) electrons. The fourth-order valence-corrected chi connectivity index (χ4v) is 4.20. The lowest BCUT2D eigenvalue weighted by atomic mass is 10.2. The van der Waals surface area contributed by atoms with Crippen LogP contribution in [-0.4, -0.2) is 39.8 Å². The third-order valence-electron chi connectivity index (χ3n) is 3.89. The first-order valence-electron chi connectivity index (χ1n) is 8.54. The van der Waals surface area contributed by atoms with E-state index in [1.54, 1.807) is 6.07 Å². The van der Waals surface area contributed by atoms with Gasteiger partial charge in [0.15, 0.2) is 0 Å². The summed E-state index contributed by atoms with van der Waals surface area (Å²) >= 11 is 12.1. The second kappa shape index (κ2) is 10.1. The maximum Gasteiger partial charge on any atom is 0.243 e. The summed E-state index contributed by atoms with van der Waals surface area (Å²) in [6, 6.07) is 13.1. The highest BCUT2D eigenvalue weighted by molar-refractivity contribution is 7.92. The van der Waals surface area contributed by atoms with Crippen molar-refractivity contribution in [2.24, 2.45) is 0 Å². The number of sulfonamides is 1. The van der Waals surface area contributed by atoms with Crippen LogP contribution >= 0.6 is 23.2 Å². The van der Waals surface area contributed by atoms with E-state index >= 15 is 0 Å². The number of rotatable bonds is 9. The van der Waals surface area contributed by atoms with E-state index < -0.39 is 22.0 Å². The van der Waals surface area contributed by atoms with Crippen molar-refractivity contribution in [3.63, 3.8) is 0 Å². The van der Waals surface area contributed by atoms with Gasteiger partial charge in [0.25, 0.3) is 0 Å². The SMILES string of the molecule is CC(C(=O)NCCOCc1ccccc1)N(c1cc(Cl)ccc1Cl)S(C)(=O)=O. The molecule has 0 saturated heterocycles. The molecule has 0 aliphatic rings. The van der Waals surface area contributed by atoms with Gasteiger partial charge >= 0.3 is 0 Å². The number of amides is 1. The van der Waals surface area contributed by atoms with Crippen molar-refractivity contribution in [1.82, 2.24) is 5.32 Å². The molecule has 1 atom stereocenters. The number of carbonyl (C=O) groups is 1. The number of halogens is 2. The van der Waals surface area contributed by atoms with Gasteiger partial charge < -0.3 is 10.1 Å². The van der Waals surface area contributed by atoms with Gasteiger partial charge in [0.1, 0.15) is 6.04 Å². The zero-order valence-corrected chi connectivity index (χ0v) is 17.9. The van der Waals surface area contributed by atoms with Crippen molar-refractivity contribution >= 4 is 44.8 Å². The lowest BCUT2D eigenvalue weighted by Crippen LogP contribution is -2.48. The van der Waals surface area contributed by atoms with E-state index in [9.17, 15) is 13.2 Å². The number of nitrogens with zero attached hydrogens (tertiary/aromatic N) is 1. The molecular formula is C19H22Cl2N2O4S. The van der Waals surface area contributed by atoms with Crippen molar-refractivity contribution in [3.05, 3.63) is 64.1 Å². The van der Waals surface area contributed by atoms with Gasteiger partial charge in [-0.1, -0.05) is 53.5 Å². The first-order chi connectivity index (χ1) is 13.2. The molecule has 9 heteroatoms. The van der Waals surface area contributed by atoms with E-state index in [0.29, 0.717) is 18.2 Å². The number of anilines is 1. The summed E-state index contributed by atoms with van der Waals surface area (Å²) in [6.45, 7) is 2.46. The Bertz CT molecular complexity index is 907. The van der Waals surface area contributed by atoms with Gasteiger partial charge in [-0.25, -0.2) is 8.42 Å². The van der Waals surface area contributed by atoms with Gasteiger partial charge in [-0.05, 0) is 30.7 Å². The lowest BCUT2D eigenvalue weighted by molar-refractivity contribution is -0.122. The molecule has 2 aromatic rings. The fraction of sp³-hybridized carbons (Fsp3) is 0.316. The van der Waals surface area contributed by atoms with Gasteiger partial charge in [0, 0.05) is 11.6 Å². The predicted octanol–water partition coefficient (Wildman–Crippen LogP) is 3.48. The molecule has 0 fully saturated rings. The number of hydrogen-bond acceptors (Lipinski definition) is 4. The highest BCUT2D eigenvalue weighted by Crippen LogP contribution is 2.32. The molecule has 6 nitrogen and oxygen atoms in total. The van der Waals surface area contributed by atoms with Gasteiger partial charge in [0.05, 0.1) is 30.2 Å². The molecule has 0 heterocycles. The fourth-order valence-electron chi connectivity index (χ4n) is 2.59. The summed E-state index contributed by atoms with van der Waals surface area (Å²) in [4.78, 5) is 12.5. The highest BCUT2D eigenvalue weighted by atomic mass is 35.5. The van der Waals surface area contributed by atoms with E-state index in [1.165, 1.54) is 19.1 Å². The molecule has 0 aliphatic carbocycles. The van der Waals surface area contributed by atoms with Crippen LogP contribution in [0.5, 0.6) is 0 Å². The minimum Gasteiger partial charge on any atom is -0.375 e. The van der Waals surface area contributed by atoms with Gasteiger partial charge in [-0.2, -0.15) is 0 Å². The third kappa shape index (κ3) is 6.38. The van der Waals surface area contributed by atoms with E-state index in [-0.39, 0.29) is 17.3 Å². The molecule has 0 aliphatic heterocycles. The van der Waals surface area contributed by atoms with Crippen molar-refractivity contribution in [1.29, 1.82) is 0 Å². The summed E-state index contributed by atoms with van der Waals surface area (Å²) < 4.78 is 31.1. The molecule has 1 amide bonds. The van der Waals surface area contributed by atoms with Crippen molar-refractivity contribution in [2.75, 3.05) is 23.7 Å². The Morgan fingerprint density at radius 2 is 1.86 bits per heavy atom. The first kappa shape index (κ1) is 22.5. The molecule has 1 N–H and O–H groups in total. The molecule has 152 valence electrons.